The standard InChI is InChI=1S/C11H17N3O2/c1-8(7-15)14(3)11(16)9-6-13-5-4-10(9)12-2/h4-6,8,15H,7H2,1-3H3,(H,12,13). The Labute approximate surface area is 95.1 Å². The number of carbonyl (C=O) groups is 1. The Morgan fingerprint density at radius 1 is 1.69 bits per heavy atom. The fourth-order valence-electron chi connectivity index (χ4n) is 1.30. The quantitative estimate of drug-likeness (QED) is 0.783. The first kappa shape index (κ1) is 12.4. The number of rotatable bonds is 4. The van der Waals surface area contributed by atoms with E-state index in [1.54, 1.807) is 33.3 Å². The third kappa shape index (κ3) is 2.49. The lowest BCUT2D eigenvalue weighted by Crippen LogP contribution is -2.37. The van der Waals surface area contributed by atoms with Gasteiger partial charge in [-0.1, -0.05) is 0 Å². The summed E-state index contributed by atoms with van der Waals surface area (Å²) in [5.41, 5.74) is 1.24. The fraction of sp³-hybridized carbons (Fsp3) is 0.455. The van der Waals surface area contributed by atoms with Gasteiger partial charge in [-0.15, -0.1) is 0 Å². The molecule has 0 aliphatic heterocycles. The second kappa shape index (κ2) is 5.46. The number of aromatic nitrogens is 1. The maximum absolute atomic E-state index is 12.1. The Hall–Kier alpha value is -1.62. The molecule has 0 aliphatic rings. The predicted molar refractivity (Wildman–Crippen MR) is 62.4 cm³/mol. The number of hydrogen-bond donors (Lipinski definition) is 2. The molecule has 1 aromatic rings. The van der Waals surface area contributed by atoms with Gasteiger partial charge in [-0.05, 0) is 13.0 Å². The first-order valence-corrected chi connectivity index (χ1v) is 5.11. The first-order chi connectivity index (χ1) is 7.61. The van der Waals surface area contributed by atoms with E-state index < -0.39 is 0 Å². The summed E-state index contributed by atoms with van der Waals surface area (Å²) in [5.74, 6) is -0.154. The topological polar surface area (TPSA) is 65.5 Å². The molecule has 1 atom stereocenters. The van der Waals surface area contributed by atoms with Crippen molar-refractivity contribution in [1.29, 1.82) is 0 Å². The molecule has 5 heteroatoms. The van der Waals surface area contributed by atoms with Crippen molar-refractivity contribution in [3.05, 3.63) is 24.0 Å². The Bertz CT molecular complexity index is 368. The summed E-state index contributed by atoms with van der Waals surface area (Å²) < 4.78 is 0. The summed E-state index contributed by atoms with van der Waals surface area (Å²) in [4.78, 5) is 17.5. The van der Waals surface area contributed by atoms with E-state index in [-0.39, 0.29) is 18.6 Å². The van der Waals surface area contributed by atoms with Crippen LogP contribution in [0.1, 0.15) is 17.3 Å². The van der Waals surface area contributed by atoms with Crippen LogP contribution in [0.4, 0.5) is 5.69 Å². The highest BCUT2D eigenvalue weighted by Crippen LogP contribution is 2.15. The monoisotopic (exact) mass is 223 g/mol. The van der Waals surface area contributed by atoms with Crippen LogP contribution in [0.3, 0.4) is 0 Å². The molecule has 0 fully saturated rings. The Morgan fingerprint density at radius 2 is 2.38 bits per heavy atom. The molecule has 1 amide bonds. The zero-order chi connectivity index (χ0) is 12.1. The molecular weight excluding hydrogens is 206 g/mol. The van der Waals surface area contributed by atoms with Crippen molar-refractivity contribution >= 4 is 11.6 Å². The summed E-state index contributed by atoms with van der Waals surface area (Å²) in [6.07, 6.45) is 3.15. The number of nitrogens with zero attached hydrogens (tertiary/aromatic N) is 2. The highest BCUT2D eigenvalue weighted by Gasteiger charge is 2.19. The van der Waals surface area contributed by atoms with Gasteiger partial charge in [0.15, 0.2) is 0 Å². The largest absolute Gasteiger partial charge is 0.394 e. The molecule has 1 heterocycles. The number of amides is 1. The van der Waals surface area contributed by atoms with Crippen LogP contribution in [0, 0.1) is 0 Å². The maximum atomic E-state index is 12.1. The van der Waals surface area contributed by atoms with Crippen molar-refractivity contribution in [1.82, 2.24) is 9.88 Å². The maximum Gasteiger partial charge on any atom is 0.257 e. The van der Waals surface area contributed by atoms with Gasteiger partial charge in [0.05, 0.1) is 18.2 Å². The van der Waals surface area contributed by atoms with Gasteiger partial charge in [0, 0.05) is 32.2 Å². The van der Waals surface area contributed by atoms with E-state index in [0.29, 0.717) is 5.56 Å². The molecule has 16 heavy (non-hydrogen) atoms. The number of aliphatic hydroxyl groups is 1. The minimum absolute atomic E-state index is 0.0581. The molecule has 0 saturated heterocycles. The van der Waals surface area contributed by atoms with Crippen LogP contribution in [-0.4, -0.2) is 47.6 Å². The molecule has 0 radical (unpaired) electrons. The Morgan fingerprint density at radius 3 is 2.94 bits per heavy atom. The number of hydrogen-bond acceptors (Lipinski definition) is 4. The van der Waals surface area contributed by atoms with Gasteiger partial charge in [0.1, 0.15) is 0 Å². The lowest BCUT2D eigenvalue weighted by Gasteiger charge is -2.23. The SMILES string of the molecule is CNc1ccncc1C(=O)N(C)C(C)CO. The summed E-state index contributed by atoms with van der Waals surface area (Å²) in [5, 5.41) is 11.9. The van der Waals surface area contributed by atoms with Crippen molar-refractivity contribution in [2.24, 2.45) is 0 Å². The lowest BCUT2D eigenvalue weighted by molar-refractivity contribution is 0.0682. The number of aliphatic hydroxyl groups excluding tert-OH is 1. The van der Waals surface area contributed by atoms with Gasteiger partial charge in [-0.25, -0.2) is 0 Å². The van der Waals surface area contributed by atoms with Gasteiger partial charge >= 0.3 is 0 Å². The van der Waals surface area contributed by atoms with Crippen molar-refractivity contribution in [2.45, 2.75) is 13.0 Å². The zero-order valence-corrected chi connectivity index (χ0v) is 9.77. The van der Waals surface area contributed by atoms with E-state index in [2.05, 4.69) is 10.3 Å². The first-order valence-electron chi connectivity index (χ1n) is 5.11. The van der Waals surface area contributed by atoms with E-state index >= 15 is 0 Å². The van der Waals surface area contributed by atoms with Crippen molar-refractivity contribution in [2.75, 3.05) is 26.0 Å². The number of anilines is 1. The molecule has 0 bridgehead atoms. The number of nitrogens with one attached hydrogen (secondary N) is 1. The van der Waals surface area contributed by atoms with E-state index in [9.17, 15) is 4.79 Å². The second-order valence-corrected chi connectivity index (χ2v) is 3.62. The fourth-order valence-corrected chi connectivity index (χ4v) is 1.30. The summed E-state index contributed by atoms with van der Waals surface area (Å²) >= 11 is 0. The van der Waals surface area contributed by atoms with Crippen LogP contribution in [-0.2, 0) is 0 Å². The number of carbonyl (C=O) groups excluding carboxylic acids is 1. The average molecular weight is 223 g/mol. The van der Waals surface area contributed by atoms with Crippen molar-refractivity contribution in [3.63, 3.8) is 0 Å². The molecule has 0 aliphatic carbocycles. The van der Waals surface area contributed by atoms with Crippen LogP contribution in [0.2, 0.25) is 0 Å². The van der Waals surface area contributed by atoms with Gasteiger partial charge in [0.2, 0.25) is 0 Å². The van der Waals surface area contributed by atoms with Crippen LogP contribution in [0.25, 0.3) is 0 Å². The molecule has 0 saturated carbocycles. The van der Waals surface area contributed by atoms with E-state index in [4.69, 9.17) is 5.11 Å². The normalized spacial score (nSPS) is 12.0. The molecule has 1 unspecified atom stereocenters. The minimum atomic E-state index is -0.211. The summed E-state index contributed by atoms with van der Waals surface area (Å²) in [6.45, 7) is 1.73. The molecule has 5 nitrogen and oxygen atoms in total. The Balaban J connectivity index is 2.95. The molecule has 0 aromatic carbocycles. The third-order valence-electron chi connectivity index (χ3n) is 2.57. The van der Waals surface area contributed by atoms with Crippen LogP contribution >= 0.6 is 0 Å². The molecule has 88 valence electrons. The van der Waals surface area contributed by atoms with E-state index in [1.165, 1.54) is 11.1 Å². The van der Waals surface area contributed by atoms with E-state index in [0.717, 1.165) is 5.69 Å². The van der Waals surface area contributed by atoms with E-state index in [1.807, 2.05) is 0 Å². The summed E-state index contributed by atoms with van der Waals surface area (Å²) in [7, 11) is 3.41. The van der Waals surface area contributed by atoms with Crippen LogP contribution < -0.4 is 5.32 Å². The van der Waals surface area contributed by atoms with Crippen molar-refractivity contribution in [3.8, 4) is 0 Å². The second-order valence-electron chi connectivity index (χ2n) is 3.62. The van der Waals surface area contributed by atoms with Gasteiger partial charge < -0.3 is 15.3 Å². The zero-order valence-electron chi connectivity index (χ0n) is 9.77. The molecule has 1 rings (SSSR count). The van der Waals surface area contributed by atoms with Gasteiger partial charge in [0.25, 0.3) is 5.91 Å². The molecule has 2 N–H and O–H groups in total. The number of likely N-dealkylation sites (N-methyl/N-ethyl adjacent to an activating group) is 1. The average Bonchev–Trinajstić information content (AvgIpc) is 2.35. The lowest BCUT2D eigenvalue weighted by atomic mass is 10.2. The highest BCUT2D eigenvalue weighted by atomic mass is 16.3. The smallest absolute Gasteiger partial charge is 0.257 e. The minimum Gasteiger partial charge on any atom is -0.394 e. The third-order valence-corrected chi connectivity index (χ3v) is 2.57. The Kier molecular flexibility index (Phi) is 4.25. The molecule has 0 spiro atoms. The highest BCUT2D eigenvalue weighted by molar-refractivity contribution is 5.99. The van der Waals surface area contributed by atoms with Gasteiger partial charge in [-0.3, -0.25) is 9.78 Å². The van der Waals surface area contributed by atoms with Crippen LogP contribution in [0.5, 0.6) is 0 Å². The van der Waals surface area contributed by atoms with Crippen LogP contribution in [0.15, 0.2) is 18.5 Å². The molecular formula is C11H17N3O2. The number of pyridine rings is 1. The predicted octanol–water partition coefficient (Wildman–Crippen LogP) is 0.576. The molecule has 1 aromatic heterocycles. The summed E-state index contributed by atoms with van der Waals surface area (Å²) in [6, 6.07) is 1.53. The van der Waals surface area contributed by atoms with Gasteiger partial charge in [-0.2, -0.15) is 0 Å². The van der Waals surface area contributed by atoms with Crippen molar-refractivity contribution < 1.29 is 9.90 Å².